The number of hydrogen-bond donors (Lipinski definition) is 1. The predicted molar refractivity (Wildman–Crippen MR) is 97.2 cm³/mol. The molecule has 0 aliphatic rings. The van der Waals surface area contributed by atoms with Crippen LogP contribution in [0.15, 0.2) is 24.3 Å². The van der Waals surface area contributed by atoms with Gasteiger partial charge in [-0.2, -0.15) is 0 Å². The largest absolute Gasteiger partial charge is 0.313 e. The Labute approximate surface area is 133 Å². The number of benzene rings is 1. The van der Waals surface area contributed by atoms with Gasteiger partial charge < -0.3 is 5.32 Å². The highest BCUT2D eigenvalue weighted by Crippen LogP contribution is 2.17. The molecule has 0 saturated carbocycles. The molecule has 1 aromatic carbocycles. The van der Waals surface area contributed by atoms with Gasteiger partial charge in [0.1, 0.15) is 0 Å². The fourth-order valence-corrected chi connectivity index (χ4v) is 2.63. The zero-order valence-electron chi connectivity index (χ0n) is 15.2. The van der Waals surface area contributed by atoms with Crippen molar-refractivity contribution in [1.82, 2.24) is 5.32 Å². The number of rotatable bonds is 9. The second-order valence-electron chi connectivity index (χ2n) is 5.68. The minimum absolute atomic E-state index is 0.600. The first-order valence-electron chi connectivity index (χ1n) is 9.03. The van der Waals surface area contributed by atoms with Crippen LogP contribution < -0.4 is 5.32 Å². The summed E-state index contributed by atoms with van der Waals surface area (Å²) in [7, 11) is 0. The van der Waals surface area contributed by atoms with Crippen molar-refractivity contribution >= 4 is 0 Å². The maximum absolute atomic E-state index is 3.76. The summed E-state index contributed by atoms with van der Waals surface area (Å²) >= 11 is 0. The first-order chi connectivity index (χ1) is 10.2. The quantitative estimate of drug-likeness (QED) is 0.594. The summed E-state index contributed by atoms with van der Waals surface area (Å²) in [6, 6.07) is 9.74. The third-order valence-electron chi connectivity index (χ3n) is 3.92. The molecule has 0 fully saturated rings. The normalized spacial score (nSPS) is 12.0. The SMILES string of the molecule is CC.CCCC(CCC)NCC(C)c1cccc(CC)c1. The standard InChI is InChI=1S/C18H31N.C2H6/c1-5-9-18(10-6-2)19-14-15(4)17-12-8-11-16(7-3)13-17;1-2/h8,11-13,15,18-19H,5-7,9-10,14H2,1-4H3;1-2H3. The molecule has 1 rings (SSSR count). The van der Waals surface area contributed by atoms with Crippen LogP contribution in [0.4, 0.5) is 0 Å². The Morgan fingerprint density at radius 3 is 2.14 bits per heavy atom. The zero-order chi connectivity index (χ0) is 16.1. The number of hydrogen-bond acceptors (Lipinski definition) is 1. The average molecular weight is 292 g/mol. The lowest BCUT2D eigenvalue weighted by molar-refractivity contribution is 0.432. The van der Waals surface area contributed by atoms with Gasteiger partial charge in [-0.3, -0.25) is 0 Å². The van der Waals surface area contributed by atoms with Crippen molar-refractivity contribution in [2.24, 2.45) is 0 Å². The fraction of sp³-hybridized carbons (Fsp3) is 0.700. The molecule has 0 aliphatic carbocycles. The fourth-order valence-electron chi connectivity index (χ4n) is 2.63. The van der Waals surface area contributed by atoms with Gasteiger partial charge in [-0.25, -0.2) is 0 Å². The van der Waals surface area contributed by atoms with Gasteiger partial charge >= 0.3 is 0 Å². The van der Waals surface area contributed by atoms with Crippen LogP contribution in [0, 0.1) is 0 Å². The first kappa shape index (κ1) is 20.2. The summed E-state index contributed by atoms with van der Waals surface area (Å²) in [5, 5.41) is 3.76. The Balaban J connectivity index is 0.00000191. The van der Waals surface area contributed by atoms with Gasteiger partial charge in [0.25, 0.3) is 0 Å². The van der Waals surface area contributed by atoms with E-state index in [-0.39, 0.29) is 0 Å². The third kappa shape index (κ3) is 8.26. The van der Waals surface area contributed by atoms with E-state index in [9.17, 15) is 0 Å². The minimum atomic E-state index is 0.600. The highest BCUT2D eigenvalue weighted by atomic mass is 14.9. The van der Waals surface area contributed by atoms with Crippen LogP contribution in [0.3, 0.4) is 0 Å². The zero-order valence-corrected chi connectivity index (χ0v) is 15.2. The Kier molecular flexibility index (Phi) is 12.4. The molecule has 1 N–H and O–H groups in total. The summed E-state index contributed by atoms with van der Waals surface area (Å²) in [4.78, 5) is 0. The summed E-state index contributed by atoms with van der Waals surface area (Å²) in [5.41, 5.74) is 2.92. The van der Waals surface area contributed by atoms with Crippen LogP contribution in [0.25, 0.3) is 0 Å². The van der Waals surface area contributed by atoms with Crippen LogP contribution in [0.2, 0.25) is 0 Å². The van der Waals surface area contributed by atoms with Gasteiger partial charge in [-0.15, -0.1) is 0 Å². The Morgan fingerprint density at radius 1 is 1.00 bits per heavy atom. The smallest absolute Gasteiger partial charge is 0.00671 e. The summed E-state index contributed by atoms with van der Waals surface area (Å²) in [6.45, 7) is 14.2. The lowest BCUT2D eigenvalue weighted by Gasteiger charge is -2.21. The van der Waals surface area contributed by atoms with E-state index in [1.54, 1.807) is 0 Å². The molecule has 1 atom stereocenters. The molecule has 0 radical (unpaired) electrons. The van der Waals surface area contributed by atoms with Crippen LogP contribution in [0.1, 0.15) is 84.3 Å². The van der Waals surface area contributed by atoms with E-state index in [0.717, 1.165) is 13.0 Å². The maximum Gasteiger partial charge on any atom is 0.00671 e. The second-order valence-corrected chi connectivity index (χ2v) is 5.68. The molecular weight excluding hydrogens is 254 g/mol. The first-order valence-corrected chi connectivity index (χ1v) is 9.03. The Bertz CT molecular complexity index is 339. The molecule has 0 saturated heterocycles. The van der Waals surface area contributed by atoms with E-state index in [1.165, 1.54) is 36.8 Å². The van der Waals surface area contributed by atoms with Gasteiger partial charge in [0.15, 0.2) is 0 Å². The van der Waals surface area contributed by atoms with Crippen LogP contribution in [-0.2, 0) is 6.42 Å². The van der Waals surface area contributed by atoms with Crippen LogP contribution in [0.5, 0.6) is 0 Å². The van der Waals surface area contributed by atoms with Gasteiger partial charge in [0.2, 0.25) is 0 Å². The van der Waals surface area contributed by atoms with Crippen molar-refractivity contribution < 1.29 is 0 Å². The van der Waals surface area contributed by atoms with E-state index in [0.29, 0.717) is 12.0 Å². The van der Waals surface area contributed by atoms with E-state index in [1.807, 2.05) is 13.8 Å². The highest BCUT2D eigenvalue weighted by molar-refractivity contribution is 5.26. The molecule has 0 aromatic heterocycles. The minimum Gasteiger partial charge on any atom is -0.313 e. The molecule has 1 heteroatoms. The van der Waals surface area contributed by atoms with E-state index < -0.39 is 0 Å². The topological polar surface area (TPSA) is 12.0 Å². The van der Waals surface area contributed by atoms with E-state index >= 15 is 0 Å². The van der Waals surface area contributed by atoms with E-state index in [4.69, 9.17) is 0 Å². The average Bonchev–Trinajstić information content (AvgIpc) is 2.54. The molecule has 1 nitrogen and oxygen atoms in total. The molecule has 21 heavy (non-hydrogen) atoms. The number of nitrogens with one attached hydrogen (secondary N) is 1. The second kappa shape index (κ2) is 12.9. The number of aryl methyl sites for hydroxylation is 1. The lowest BCUT2D eigenvalue weighted by Crippen LogP contribution is -2.32. The highest BCUT2D eigenvalue weighted by Gasteiger charge is 2.10. The van der Waals surface area contributed by atoms with Gasteiger partial charge in [-0.1, -0.05) is 78.6 Å². The van der Waals surface area contributed by atoms with Crippen molar-refractivity contribution in [1.29, 1.82) is 0 Å². The summed E-state index contributed by atoms with van der Waals surface area (Å²) in [6.07, 6.45) is 6.28. The molecular formula is C20H37N. The van der Waals surface area contributed by atoms with Gasteiger partial charge in [-0.05, 0) is 36.3 Å². The predicted octanol–water partition coefficient (Wildman–Crippen LogP) is 5.94. The van der Waals surface area contributed by atoms with Crippen molar-refractivity contribution in [2.45, 2.75) is 85.6 Å². The third-order valence-corrected chi connectivity index (χ3v) is 3.92. The molecule has 0 amide bonds. The lowest BCUT2D eigenvalue weighted by atomic mass is 9.97. The molecule has 0 heterocycles. The molecule has 0 aliphatic heterocycles. The monoisotopic (exact) mass is 291 g/mol. The molecule has 1 aromatic rings. The molecule has 0 spiro atoms. The van der Waals surface area contributed by atoms with Crippen LogP contribution >= 0.6 is 0 Å². The molecule has 1 unspecified atom stereocenters. The van der Waals surface area contributed by atoms with E-state index in [2.05, 4.69) is 57.3 Å². The van der Waals surface area contributed by atoms with Crippen molar-refractivity contribution in [2.75, 3.05) is 6.54 Å². The van der Waals surface area contributed by atoms with Gasteiger partial charge in [0, 0.05) is 12.6 Å². The molecule has 0 bridgehead atoms. The summed E-state index contributed by atoms with van der Waals surface area (Å²) in [5.74, 6) is 0.600. The van der Waals surface area contributed by atoms with Gasteiger partial charge in [0.05, 0.1) is 0 Å². The van der Waals surface area contributed by atoms with Crippen molar-refractivity contribution in [3.8, 4) is 0 Å². The Hall–Kier alpha value is -0.820. The molecule has 122 valence electrons. The summed E-state index contributed by atoms with van der Waals surface area (Å²) < 4.78 is 0. The van der Waals surface area contributed by atoms with Crippen molar-refractivity contribution in [3.05, 3.63) is 35.4 Å². The Morgan fingerprint density at radius 2 is 1.62 bits per heavy atom. The van der Waals surface area contributed by atoms with Crippen LogP contribution in [-0.4, -0.2) is 12.6 Å². The maximum atomic E-state index is 3.76. The van der Waals surface area contributed by atoms with Crippen molar-refractivity contribution in [3.63, 3.8) is 0 Å².